The fourth-order valence-corrected chi connectivity index (χ4v) is 1.40. The van der Waals surface area contributed by atoms with E-state index in [1.807, 2.05) is 12.1 Å². The highest BCUT2D eigenvalue weighted by atomic mass is 15.1. The number of guanidine groups is 1. The van der Waals surface area contributed by atoms with Gasteiger partial charge in [0.2, 0.25) is 0 Å². The molecular weight excluding hydrogens is 186 g/mol. The SMILES string of the molecule is C=CCN=C(N)Nc1cc(C)cc(C)c1. The van der Waals surface area contributed by atoms with Crippen molar-refractivity contribution in [3.63, 3.8) is 0 Å². The molecule has 1 aromatic carbocycles. The van der Waals surface area contributed by atoms with Crippen molar-refractivity contribution in [1.29, 1.82) is 0 Å². The Hall–Kier alpha value is -1.77. The molecule has 0 unspecified atom stereocenters. The zero-order valence-electron chi connectivity index (χ0n) is 9.25. The van der Waals surface area contributed by atoms with Crippen LogP contribution < -0.4 is 11.1 Å². The van der Waals surface area contributed by atoms with Gasteiger partial charge in [-0.1, -0.05) is 12.1 Å². The molecule has 15 heavy (non-hydrogen) atoms. The second-order valence-corrected chi connectivity index (χ2v) is 3.52. The van der Waals surface area contributed by atoms with Gasteiger partial charge in [-0.25, -0.2) is 4.99 Å². The van der Waals surface area contributed by atoms with Crippen LogP contribution in [0.15, 0.2) is 35.8 Å². The van der Waals surface area contributed by atoms with Crippen LogP contribution >= 0.6 is 0 Å². The molecule has 0 heterocycles. The van der Waals surface area contributed by atoms with E-state index in [1.165, 1.54) is 11.1 Å². The quantitative estimate of drug-likeness (QED) is 0.449. The first-order valence-electron chi connectivity index (χ1n) is 4.88. The number of hydrogen-bond acceptors (Lipinski definition) is 1. The summed E-state index contributed by atoms with van der Waals surface area (Å²) in [5.41, 5.74) is 9.06. The summed E-state index contributed by atoms with van der Waals surface area (Å²) < 4.78 is 0. The highest BCUT2D eigenvalue weighted by molar-refractivity contribution is 5.92. The van der Waals surface area contributed by atoms with Gasteiger partial charge in [-0.15, -0.1) is 6.58 Å². The number of rotatable bonds is 3. The molecule has 3 heteroatoms. The first-order chi connectivity index (χ1) is 7.11. The monoisotopic (exact) mass is 203 g/mol. The van der Waals surface area contributed by atoms with Gasteiger partial charge >= 0.3 is 0 Å². The Morgan fingerprint density at radius 3 is 2.53 bits per heavy atom. The maximum Gasteiger partial charge on any atom is 0.193 e. The second kappa shape index (κ2) is 5.20. The molecule has 0 radical (unpaired) electrons. The van der Waals surface area contributed by atoms with Crippen LogP contribution in [-0.2, 0) is 0 Å². The Kier molecular flexibility index (Phi) is 3.92. The minimum atomic E-state index is 0.417. The number of hydrogen-bond donors (Lipinski definition) is 2. The van der Waals surface area contributed by atoms with Crippen molar-refractivity contribution >= 4 is 11.6 Å². The molecule has 0 bridgehead atoms. The van der Waals surface area contributed by atoms with Gasteiger partial charge in [-0.05, 0) is 37.1 Å². The third-order valence-corrected chi connectivity index (χ3v) is 1.88. The molecule has 3 nitrogen and oxygen atoms in total. The van der Waals surface area contributed by atoms with E-state index in [0.717, 1.165) is 5.69 Å². The third kappa shape index (κ3) is 3.85. The standard InChI is InChI=1S/C12H17N3/c1-4-5-14-12(13)15-11-7-9(2)6-10(3)8-11/h4,6-8H,1,5H2,2-3H3,(H3,13,14,15). The largest absolute Gasteiger partial charge is 0.370 e. The van der Waals surface area contributed by atoms with E-state index in [2.05, 4.69) is 36.8 Å². The Balaban J connectivity index is 2.76. The summed E-state index contributed by atoms with van der Waals surface area (Å²) in [5, 5.41) is 3.04. The van der Waals surface area contributed by atoms with E-state index in [-0.39, 0.29) is 0 Å². The van der Waals surface area contributed by atoms with E-state index in [1.54, 1.807) is 6.08 Å². The van der Waals surface area contributed by atoms with Crippen molar-refractivity contribution in [2.24, 2.45) is 10.7 Å². The van der Waals surface area contributed by atoms with Crippen LogP contribution in [-0.4, -0.2) is 12.5 Å². The average Bonchev–Trinajstić information content (AvgIpc) is 2.13. The molecule has 0 atom stereocenters. The number of aliphatic imine (C=N–C) groups is 1. The zero-order chi connectivity index (χ0) is 11.3. The summed E-state index contributed by atoms with van der Waals surface area (Å²) in [4.78, 5) is 4.06. The smallest absolute Gasteiger partial charge is 0.193 e. The summed E-state index contributed by atoms with van der Waals surface area (Å²) in [6.45, 7) is 8.21. The van der Waals surface area contributed by atoms with E-state index < -0.39 is 0 Å². The number of nitrogens with one attached hydrogen (secondary N) is 1. The minimum Gasteiger partial charge on any atom is -0.370 e. The first-order valence-corrected chi connectivity index (χ1v) is 4.88. The lowest BCUT2D eigenvalue weighted by molar-refractivity contribution is 1.22. The molecule has 0 fully saturated rings. The highest BCUT2D eigenvalue weighted by Crippen LogP contribution is 2.13. The van der Waals surface area contributed by atoms with Crippen molar-refractivity contribution < 1.29 is 0 Å². The van der Waals surface area contributed by atoms with Crippen LogP contribution in [0.1, 0.15) is 11.1 Å². The number of aryl methyl sites for hydroxylation is 2. The summed E-state index contributed by atoms with van der Waals surface area (Å²) in [6, 6.07) is 6.18. The van der Waals surface area contributed by atoms with Gasteiger partial charge in [0, 0.05) is 5.69 Å². The van der Waals surface area contributed by atoms with Crippen LogP contribution in [0.3, 0.4) is 0 Å². The molecular formula is C12H17N3. The molecule has 0 spiro atoms. The molecule has 0 aliphatic carbocycles. The molecule has 0 aromatic heterocycles. The number of nitrogens with two attached hydrogens (primary N) is 1. The van der Waals surface area contributed by atoms with Crippen molar-refractivity contribution in [2.75, 3.05) is 11.9 Å². The molecule has 0 aliphatic heterocycles. The number of anilines is 1. The Bertz CT molecular complexity index is 360. The summed E-state index contributed by atoms with van der Waals surface area (Å²) >= 11 is 0. The van der Waals surface area contributed by atoms with E-state index in [0.29, 0.717) is 12.5 Å². The van der Waals surface area contributed by atoms with Crippen LogP contribution in [0, 0.1) is 13.8 Å². The van der Waals surface area contributed by atoms with Crippen LogP contribution in [0.4, 0.5) is 5.69 Å². The summed E-state index contributed by atoms with van der Waals surface area (Å²) in [7, 11) is 0. The maximum atomic E-state index is 5.68. The summed E-state index contributed by atoms with van der Waals surface area (Å²) in [5.74, 6) is 0.417. The van der Waals surface area contributed by atoms with Gasteiger partial charge < -0.3 is 11.1 Å². The van der Waals surface area contributed by atoms with E-state index in [4.69, 9.17) is 5.73 Å². The molecule has 1 aromatic rings. The van der Waals surface area contributed by atoms with Crippen molar-refractivity contribution in [3.8, 4) is 0 Å². The number of benzene rings is 1. The minimum absolute atomic E-state index is 0.417. The van der Waals surface area contributed by atoms with Crippen molar-refractivity contribution in [2.45, 2.75) is 13.8 Å². The summed E-state index contributed by atoms with van der Waals surface area (Å²) in [6.07, 6.45) is 1.70. The topological polar surface area (TPSA) is 50.4 Å². The normalized spacial score (nSPS) is 11.2. The van der Waals surface area contributed by atoms with Crippen molar-refractivity contribution in [1.82, 2.24) is 0 Å². The van der Waals surface area contributed by atoms with Crippen LogP contribution in [0.2, 0.25) is 0 Å². The lowest BCUT2D eigenvalue weighted by Gasteiger charge is -2.07. The Morgan fingerprint density at radius 1 is 1.40 bits per heavy atom. The number of nitrogens with zero attached hydrogens (tertiary/aromatic N) is 1. The van der Waals surface area contributed by atoms with Gasteiger partial charge in [-0.2, -0.15) is 0 Å². The molecule has 0 saturated heterocycles. The second-order valence-electron chi connectivity index (χ2n) is 3.52. The molecule has 80 valence electrons. The lowest BCUT2D eigenvalue weighted by Crippen LogP contribution is -2.22. The predicted molar refractivity (Wildman–Crippen MR) is 66.2 cm³/mol. The van der Waals surface area contributed by atoms with E-state index >= 15 is 0 Å². The van der Waals surface area contributed by atoms with E-state index in [9.17, 15) is 0 Å². The van der Waals surface area contributed by atoms with Gasteiger partial charge in [0.05, 0.1) is 6.54 Å². The van der Waals surface area contributed by atoms with Gasteiger partial charge in [-0.3, -0.25) is 0 Å². The molecule has 0 aliphatic rings. The first kappa shape index (κ1) is 11.3. The fourth-order valence-electron chi connectivity index (χ4n) is 1.40. The van der Waals surface area contributed by atoms with Crippen LogP contribution in [0.5, 0.6) is 0 Å². The zero-order valence-corrected chi connectivity index (χ0v) is 9.25. The Morgan fingerprint density at radius 2 is 2.00 bits per heavy atom. The fraction of sp³-hybridized carbons (Fsp3) is 0.250. The molecule has 3 N–H and O–H groups in total. The molecule has 1 rings (SSSR count). The average molecular weight is 203 g/mol. The molecule has 0 amide bonds. The molecule has 0 saturated carbocycles. The van der Waals surface area contributed by atoms with Crippen LogP contribution in [0.25, 0.3) is 0 Å². The van der Waals surface area contributed by atoms with Gasteiger partial charge in [0.1, 0.15) is 0 Å². The van der Waals surface area contributed by atoms with Crippen molar-refractivity contribution in [3.05, 3.63) is 42.0 Å². The Labute approximate surface area is 90.7 Å². The van der Waals surface area contributed by atoms with Gasteiger partial charge in [0.25, 0.3) is 0 Å². The van der Waals surface area contributed by atoms with Gasteiger partial charge in [0.15, 0.2) is 5.96 Å². The maximum absolute atomic E-state index is 5.68. The third-order valence-electron chi connectivity index (χ3n) is 1.88. The lowest BCUT2D eigenvalue weighted by atomic mass is 10.1. The predicted octanol–water partition coefficient (Wildman–Crippen LogP) is 2.22. The highest BCUT2D eigenvalue weighted by Gasteiger charge is 1.96.